The SMILES string of the molecule is CC(C)(C)OC(=O)NC[C@@H]1COC2(C=C(C(=O)O)C(SCc3ccc(F)cc3Cl)CC2)O1. The molecule has 1 amide bonds. The molecule has 1 aromatic carbocycles. The van der Waals surface area contributed by atoms with Crippen LogP contribution in [0.2, 0.25) is 5.02 Å². The van der Waals surface area contributed by atoms with E-state index in [9.17, 15) is 19.1 Å². The standard InChI is InChI=1S/C22H27ClFNO6S/c1-21(2,3)31-20(28)25-10-15-11-29-22(30-15)7-6-18(16(9-22)19(26)27)32-12-13-4-5-14(24)8-17(13)23/h4-5,8-9,15,18H,6-7,10-12H2,1-3H3,(H,25,28)(H,26,27)/t15-,18?,22?/m1/s1. The third-order valence-corrected chi connectivity index (χ3v) is 6.65. The van der Waals surface area contributed by atoms with Crippen LogP contribution >= 0.6 is 23.4 Å². The van der Waals surface area contributed by atoms with Crippen molar-refractivity contribution in [2.24, 2.45) is 0 Å². The van der Waals surface area contributed by atoms with Crippen molar-refractivity contribution < 1.29 is 33.3 Å². The lowest BCUT2D eigenvalue weighted by Crippen LogP contribution is -2.40. The van der Waals surface area contributed by atoms with Crippen molar-refractivity contribution in [2.45, 2.75) is 62.1 Å². The highest BCUT2D eigenvalue weighted by Crippen LogP contribution is 2.41. The number of rotatable bonds is 6. The fourth-order valence-corrected chi connectivity index (χ4v) is 5.07. The summed E-state index contributed by atoms with van der Waals surface area (Å²) in [5.74, 6) is -2.14. The van der Waals surface area contributed by atoms with E-state index in [1.54, 1.807) is 26.8 Å². The Kier molecular flexibility index (Phi) is 7.75. The fraction of sp³-hybridized carbons (Fsp3) is 0.545. The minimum atomic E-state index is -1.13. The van der Waals surface area contributed by atoms with Gasteiger partial charge in [-0.3, -0.25) is 0 Å². The molecule has 1 heterocycles. The summed E-state index contributed by atoms with van der Waals surface area (Å²) in [5, 5.41) is 12.4. The average molecular weight is 488 g/mol. The second-order valence-electron chi connectivity index (χ2n) is 8.72. The number of hydrogen-bond acceptors (Lipinski definition) is 6. The van der Waals surface area contributed by atoms with Gasteiger partial charge in [-0.15, -0.1) is 11.8 Å². The maximum absolute atomic E-state index is 13.2. The number of hydrogen-bond donors (Lipinski definition) is 2. The molecule has 3 atom stereocenters. The van der Waals surface area contributed by atoms with E-state index in [1.165, 1.54) is 30.0 Å². The maximum atomic E-state index is 13.2. The monoisotopic (exact) mass is 487 g/mol. The minimum absolute atomic E-state index is 0.189. The van der Waals surface area contributed by atoms with Crippen LogP contribution in [0.5, 0.6) is 0 Å². The Morgan fingerprint density at radius 3 is 2.81 bits per heavy atom. The molecule has 0 saturated carbocycles. The van der Waals surface area contributed by atoms with E-state index >= 15 is 0 Å². The quantitative estimate of drug-likeness (QED) is 0.609. The van der Waals surface area contributed by atoms with Crippen LogP contribution in [0.1, 0.15) is 39.2 Å². The summed E-state index contributed by atoms with van der Waals surface area (Å²) in [6.45, 7) is 5.73. The largest absolute Gasteiger partial charge is 0.478 e. The summed E-state index contributed by atoms with van der Waals surface area (Å²) >= 11 is 7.51. The Hall–Kier alpha value is -1.81. The zero-order chi connectivity index (χ0) is 23.5. The highest BCUT2D eigenvalue weighted by atomic mass is 35.5. The number of aliphatic carboxylic acids is 1. The lowest BCUT2D eigenvalue weighted by Gasteiger charge is -2.33. The molecular weight excluding hydrogens is 461 g/mol. The topological polar surface area (TPSA) is 94.1 Å². The van der Waals surface area contributed by atoms with Crippen molar-refractivity contribution in [3.8, 4) is 0 Å². The second-order valence-corrected chi connectivity index (χ2v) is 10.3. The van der Waals surface area contributed by atoms with Gasteiger partial charge in [0.25, 0.3) is 0 Å². The molecule has 1 saturated heterocycles. The summed E-state index contributed by atoms with van der Waals surface area (Å²) in [4.78, 5) is 23.8. The van der Waals surface area contributed by atoms with Crippen molar-refractivity contribution in [3.05, 3.63) is 46.3 Å². The molecule has 7 nitrogen and oxygen atoms in total. The van der Waals surface area contributed by atoms with E-state index in [0.29, 0.717) is 23.6 Å². The highest BCUT2D eigenvalue weighted by molar-refractivity contribution is 7.99. The van der Waals surface area contributed by atoms with Crippen molar-refractivity contribution in [3.63, 3.8) is 0 Å². The number of ether oxygens (including phenoxy) is 3. The van der Waals surface area contributed by atoms with E-state index < -0.39 is 35.4 Å². The van der Waals surface area contributed by atoms with Gasteiger partial charge >= 0.3 is 12.1 Å². The predicted molar refractivity (Wildman–Crippen MR) is 119 cm³/mol. The zero-order valence-corrected chi connectivity index (χ0v) is 19.7. The van der Waals surface area contributed by atoms with E-state index in [0.717, 1.165) is 5.56 Å². The van der Waals surface area contributed by atoms with Crippen LogP contribution in [0.15, 0.2) is 29.8 Å². The van der Waals surface area contributed by atoms with Crippen LogP contribution in [0.4, 0.5) is 9.18 Å². The van der Waals surface area contributed by atoms with Crippen LogP contribution in [0.3, 0.4) is 0 Å². The summed E-state index contributed by atoms with van der Waals surface area (Å²) in [5.41, 5.74) is 0.330. The molecule has 1 aliphatic heterocycles. The van der Waals surface area contributed by atoms with Gasteiger partial charge in [-0.2, -0.15) is 0 Å². The van der Waals surface area contributed by atoms with Gasteiger partial charge in [0, 0.05) is 29.0 Å². The Balaban J connectivity index is 1.60. The molecule has 0 radical (unpaired) electrons. The van der Waals surface area contributed by atoms with Gasteiger partial charge in [-0.25, -0.2) is 14.0 Å². The lowest BCUT2D eigenvalue weighted by atomic mass is 9.94. The third-order valence-electron chi connectivity index (χ3n) is 4.93. The van der Waals surface area contributed by atoms with Gasteiger partial charge < -0.3 is 24.6 Å². The van der Waals surface area contributed by atoms with Crippen molar-refractivity contribution in [1.29, 1.82) is 0 Å². The maximum Gasteiger partial charge on any atom is 0.407 e. The molecule has 2 aliphatic rings. The first kappa shape index (κ1) is 24.8. The van der Waals surface area contributed by atoms with E-state index in [1.807, 2.05) is 0 Å². The number of halogens is 2. The van der Waals surface area contributed by atoms with Crippen LogP contribution in [-0.2, 0) is 24.8 Å². The van der Waals surface area contributed by atoms with Gasteiger partial charge in [-0.1, -0.05) is 17.7 Å². The van der Waals surface area contributed by atoms with E-state index in [-0.39, 0.29) is 24.0 Å². The van der Waals surface area contributed by atoms with Gasteiger partial charge in [-0.05, 0) is 51.0 Å². The number of carbonyl (C=O) groups is 2. The van der Waals surface area contributed by atoms with Crippen LogP contribution < -0.4 is 5.32 Å². The van der Waals surface area contributed by atoms with Crippen molar-refractivity contribution >= 4 is 35.4 Å². The highest BCUT2D eigenvalue weighted by Gasteiger charge is 2.45. The normalized spacial score (nSPS) is 25.5. The second kappa shape index (κ2) is 9.99. The van der Waals surface area contributed by atoms with Crippen LogP contribution in [0, 0.1) is 5.82 Å². The number of carbonyl (C=O) groups excluding carboxylic acids is 1. The molecule has 0 bridgehead atoms. The molecule has 10 heteroatoms. The number of alkyl carbamates (subject to hydrolysis) is 1. The molecule has 1 aliphatic carbocycles. The predicted octanol–water partition coefficient (Wildman–Crippen LogP) is 4.52. The number of thioether (sulfide) groups is 1. The van der Waals surface area contributed by atoms with Crippen LogP contribution in [0.25, 0.3) is 0 Å². The molecule has 2 N–H and O–H groups in total. The fourth-order valence-electron chi connectivity index (χ4n) is 3.49. The first-order valence-corrected chi connectivity index (χ1v) is 11.7. The lowest BCUT2D eigenvalue weighted by molar-refractivity contribution is -0.143. The Bertz CT molecular complexity index is 905. The zero-order valence-electron chi connectivity index (χ0n) is 18.2. The molecule has 32 heavy (non-hydrogen) atoms. The first-order chi connectivity index (χ1) is 15.0. The molecule has 176 valence electrons. The molecule has 2 unspecified atom stereocenters. The molecule has 1 spiro atoms. The van der Waals surface area contributed by atoms with Gasteiger partial charge in [0.1, 0.15) is 17.5 Å². The molecule has 1 fully saturated rings. The van der Waals surface area contributed by atoms with Crippen LogP contribution in [-0.4, -0.2) is 53.1 Å². The smallest absolute Gasteiger partial charge is 0.407 e. The summed E-state index contributed by atoms with van der Waals surface area (Å²) in [6.07, 6.45) is 1.55. The third kappa shape index (κ3) is 6.60. The summed E-state index contributed by atoms with van der Waals surface area (Å²) < 4.78 is 30.3. The van der Waals surface area contributed by atoms with Gasteiger partial charge in [0.15, 0.2) is 5.79 Å². The van der Waals surface area contributed by atoms with E-state index in [4.69, 9.17) is 25.8 Å². The molecule has 3 rings (SSSR count). The molecule has 0 aromatic heterocycles. The number of benzene rings is 1. The first-order valence-electron chi connectivity index (χ1n) is 10.3. The summed E-state index contributed by atoms with van der Waals surface area (Å²) in [6, 6.07) is 4.18. The summed E-state index contributed by atoms with van der Waals surface area (Å²) in [7, 11) is 0. The Labute approximate surface area is 195 Å². The number of carboxylic acid groups (broad SMARTS) is 1. The Morgan fingerprint density at radius 1 is 1.41 bits per heavy atom. The minimum Gasteiger partial charge on any atom is -0.478 e. The van der Waals surface area contributed by atoms with Crippen molar-refractivity contribution in [2.75, 3.05) is 13.2 Å². The Morgan fingerprint density at radius 2 is 2.16 bits per heavy atom. The van der Waals surface area contributed by atoms with Gasteiger partial charge in [0.2, 0.25) is 0 Å². The molecular formula is C22H27ClFNO6S. The number of nitrogens with one attached hydrogen (secondary N) is 1. The average Bonchev–Trinajstić information content (AvgIpc) is 3.08. The van der Waals surface area contributed by atoms with Gasteiger partial charge in [0.05, 0.1) is 12.2 Å². The van der Waals surface area contributed by atoms with Crippen molar-refractivity contribution in [1.82, 2.24) is 5.32 Å². The van der Waals surface area contributed by atoms with E-state index in [2.05, 4.69) is 5.32 Å². The number of amides is 1. The molecule has 1 aromatic rings. The number of carboxylic acids is 1.